The number of hydrogen-bond acceptors (Lipinski definition) is 3. The number of benzene rings is 1. The zero-order chi connectivity index (χ0) is 12.1. The minimum absolute atomic E-state index is 0.190. The number of halogens is 1. The molecule has 1 rings (SSSR count). The van der Waals surface area contributed by atoms with E-state index in [4.69, 9.17) is 14.9 Å². The Kier molecular flexibility index (Phi) is 4.76. The molecule has 2 N–H and O–H groups in total. The van der Waals surface area contributed by atoms with E-state index < -0.39 is 12.1 Å². The van der Waals surface area contributed by atoms with Crippen molar-refractivity contribution in [1.82, 2.24) is 0 Å². The van der Waals surface area contributed by atoms with Crippen LogP contribution >= 0.6 is 15.9 Å². The predicted octanol–water partition coefficient (Wildman–Crippen LogP) is 2.18. The summed E-state index contributed by atoms with van der Waals surface area (Å²) in [6.07, 6.45) is -0.536. The minimum Gasteiger partial charge on any atom is -0.479 e. The molecule has 0 spiro atoms. The lowest BCUT2D eigenvalue weighted by Gasteiger charge is -2.16. The first-order chi connectivity index (χ1) is 7.60. The van der Waals surface area contributed by atoms with Crippen LogP contribution in [0.4, 0.5) is 0 Å². The number of rotatable bonds is 5. The van der Waals surface area contributed by atoms with Crippen molar-refractivity contribution in [1.29, 1.82) is 0 Å². The first-order valence-corrected chi connectivity index (χ1v) is 5.67. The van der Waals surface area contributed by atoms with Gasteiger partial charge in [0.1, 0.15) is 5.75 Å². The van der Waals surface area contributed by atoms with Crippen LogP contribution in [-0.2, 0) is 11.4 Å². The topological polar surface area (TPSA) is 66.8 Å². The lowest BCUT2D eigenvalue weighted by Crippen LogP contribution is -2.26. The third-order valence-corrected chi connectivity index (χ3v) is 2.75. The van der Waals surface area contributed by atoms with Gasteiger partial charge in [-0.3, -0.25) is 0 Å². The van der Waals surface area contributed by atoms with Gasteiger partial charge in [0.05, 0.1) is 11.1 Å². The molecule has 0 aromatic heterocycles. The monoisotopic (exact) mass is 288 g/mol. The lowest BCUT2D eigenvalue weighted by molar-refractivity contribution is -0.145. The number of aliphatic hydroxyl groups excluding tert-OH is 1. The molecule has 4 nitrogen and oxygen atoms in total. The summed E-state index contributed by atoms with van der Waals surface area (Å²) >= 11 is 3.27. The lowest BCUT2D eigenvalue weighted by atomic mass is 10.2. The fraction of sp³-hybridized carbons (Fsp3) is 0.364. The zero-order valence-electron chi connectivity index (χ0n) is 8.81. The van der Waals surface area contributed by atoms with Gasteiger partial charge in [-0.25, -0.2) is 4.79 Å². The van der Waals surface area contributed by atoms with Crippen molar-refractivity contribution in [2.75, 3.05) is 0 Å². The normalized spacial score (nSPS) is 12.2. The molecule has 0 saturated heterocycles. The van der Waals surface area contributed by atoms with E-state index >= 15 is 0 Å². The van der Waals surface area contributed by atoms with E-state index in [0.717, 1.165) is 0 Å². The maximum atomic E-state index is 10.8. The number of aliphatic carboxylic acids is 1. The van der Waals surface area contributed by atoms with E-state index in [2.05, 4.69) is 15.9 Å². The predicted molar refractivity (Wildman–Crippen MR) is 62.4 cm³/mol. The van der Waals surface area contributed by atoms with Crippen LogP contribution in [0.2, 0.25) is 0 Å². The van der Waals surface area contributed by atoms with Gasteiger partial charge in [-0.05, 0) is 28.4 Å². The van der Waals surface area contributed by atoms with Crippen molar-refractivity contribution >= 4 is 21.9 Å². The highest BCUT2D eigenvalue weighted by molar-refractivity contribution is 9.10. The molecule has 0 saturated carbocycles. The molecule has 1 unspecified atom stereocenters. The van der Waals surface area contributed by atoms with Crippen molar-refractivity contribution in [2.45, 2.75) is 26.1 Å². The van der Waals surface area contributed by atoms with Crippen LogP contribution in [0.25, 0.3) is 0 Å². The fourth-order valence-electron chi connectivity index (χ4n) is 1.26. The molecule has 5 heteroatoms. The van der Waals surface area contributed by atoms with Crippen LogP contribution in [0.5, 0.6) is 5.75 Å². The SMILES string of the molecule is CCC(Oc1c(Br)cccc1CO)C(=O)O. The Labute approximate surface area is 102 Å². The van der Waals surface area contributed by atoms with Crippen molar-refractivity contribution in [2.24, 2.45) is 0 Å². The summed E-state index contributed by atoms with van der Waals surface area (Å²) in [7, 11) is 0. The first kappa shape index (κ1) is 13.0. The third kappa shape index (κ3) is 2.96. The third-order valence-electron chi connectivity index (χ3n) is 2.13. The average Bonchev–Trinajstić information content (AvgIpc) is 2.26. The number of para-hydroxylation sites is 1. The van der Waals surface area contributed by atoms with Gasteiger partial charge < -0.3 is 14.9 Å². The van der Waals surface area contributed by atoms with E-state index in [-0.39, 0.29) is 6.61 Å². The summed E-state index contributed by atoms with van der Waals surface area (Å²) in [4.78, 5) is 10.8. The first-order valence-electron chi connectivity index (χ1n) is 4.87. The van der Waals surface area contributed by atoms with Gasteiger partial charge in [-0.15, -0.1) is 0 Å². The van der Waals surface area contributed by atoms with E-state index in [9.17, 15) is 4.79 Å². The van der Waals surface area contributed by atoms with E-state index in [1.807, 2.05) is 0 Å². The fourth-order valence-corrected chi connectivity index (χ4v) is 1.76. The van der Waals surface area contributed by atoms with Gasteiger partial charge >= 0.3 is 5.97 Å². The Morgan fingerprint density at radius 3 is 2.75 bits per heavy atom. The molecule has 0 aliphatic carbocycles. The quantitative estimate of drug-likeness (QED) is 0.872. The molecule has 1 aromatic carbocycles. The minimum atomic E-state index is -1.01. The molecule has 0 aliphatic heterocycles. The van der Waals surface area contributed by atoms with E-state index in [0.29, 0.717) is 22.2 Å². The Bertz CT molecular complexity index is 378. The molecule has 0 amide bonds. The van der Waals surface area contributed by atoms with Crippen molar-refractivity contribution < 1.29 is 19.7 Å². The number of aliphatic hydroxyl groups is 1. The van der Waals surface area contributed by atoms with Crippen molar-refractivity contribution in [3.63, 3.8) is 0 Å². The van der Waals surface area contributed by atoms with Gasteiger partial charge in [-0.2, -0.15) is 0 Å². The van der Waals surface area contributed by atoms with Crippen LogP contribution in [0.15, 0.2) is 22.7 Å². The molecule has 1 atom stereocenters. The Balaban J connectivity index is 2.98. The largest absolute Gasteiger partial charge is 0.479 e. The Morgan fingerprint density at radius 1 is 1.56 bits per heavy atom. The van der Waals surface area contributed by atoms with Gasteiger partial charge in [0.2, 0.25) is 0 Å². The summed E-state index contributed by atoms with van der Waals surface area (Å²) < 4.78 is 6.01. The summed E-state index contributed by atoms with van der Waals surface area (Å²) in [5.74, 6) is -0.624. The number of carboxylic acids is 1. The zero-order valence-corrected chi connectivity index (χ0v) is 10.4. The summed E-state index contributed by atoms with van der Waals surface area (Å²) in [6.45, 7) is 1.54. The van der Waals surface area contributed by atoms with Crippen molar-refractivity contribution in [3.05, 3.63) is 28.2 Å². The number of carbonyl (C=O) groups is 1. The van der Waals surface area contributed by atoms with E-state index in [1.165, 1.54) is 0 Å². The molecule has 0 bridgehead atoms. The number of hydrogen-bond donors (Lipinski definition) is 2. The summed E-state index contributed by atoms with van der Waals surface area (Å²) in [6, 6.07) is 5.18. The smallest absolute Gasteiger partial charge is 0.344 e. The van der Waals surface area contributed by atoms with Crippen LogP contribution in [0.3, 0.4) is 0 Å². The highest BCUT2D eigenvalue weighted by Gasteiger charge is 2.19. The molecule has 0 radical (unpaired) electrons. The van der Waals surface area contributed by atoms with Crippen LogP contribution in [0.1, 0.15) is 18.9 Å². The maximum Gasteiger partial charge on any atom is 0.344 e. The number of carboxylic acid groups (broad SMARTS) is 1. The number of ether oxygens (including phenoxy) is 1. The van der Waals surface area contributed by atoms with Gasteiger partial charge in [0.15, 0.2) is 6.10 Å². The molecule has 0 fully saturated rings. The van der Waals surface area contributed by atoms with Gasteiger partial charge in [0, 0.05) is 5.56 Å². The maximum absolute atomic E-state index is 10.8. The highest BCUT2D eigenvalue weighted by Crippen LogP contribution is 2.30. The van der Waals surface area contributed by atoms with Crippen LogP contribution in [0, 0.1) is 0 Å². The molecular formula is C11H13BrO4. The molecule has 0 aliphatic rings. The molecule has 16 heavy (non-hydrogen) atoms. The molecule has 88 valence electrons. The van der Waals surface area contributed by atoms with Crippen LogP contribution < -0.4 is 4.74 Å². The highest BCUT2D eigenvalue weighted by atomic mass is 79.9. The Hall–Kier alpha value is -1.07. The van der Waals surface area contributed by atoms with E-state index in [1.54, 1.807) is 25.1 Å². The standard InChI is InChI=1S/C11H13BrO4/c1-2-9(11(14)15)16-10-7(6-13)4-3-5-8(10)12/h3-5,9,13H,2,6H2,1H3,(H,14,15). The second kappa shape index (κ2) is 5.86. The summed E-state index contributed by atoms with van der Waals surface area (Å²) in [5, 5.41) is 18.0. The molecule has 1 aromatic rings. The molecular weight excluding hydrogens is 276 g/mol. The Morgan fingerprint density at radius 2 is 2.25 bits per heavy atom. The van der Waals surface area contributed by atoms with Crippen LogP contribution in [-0.4, -0.2) is 22.3 Å². The van der Waals surface area contributed by atoms with Gasteiger partial charge in [0.25, 0.3) is 0 Å². The second-order valence-corrected chi connectivity index (χ2v) is 4.09. The second-order valence-electron chi connectivity index (χ2n) is 3.24. The van der Waals surface area contributed by atoms with Crippen molar-refractivity contribution in [3.8, 4) is 5.75 Å². The average molecular weight is 289 g/mol. The molecule has 0 heterocycles. The summed E-state index contributed by atoms with van der Waals surface area (Å²) in [5.41, 5.74) is 0.564. The van der Waals surface area contributed by atoms with Gasteiger partial charge in [-0.1, -0.05) is 19.1 Å².